The lowest BCUT2D eigenvalue weighted by Gasteiger charge is -2.25. The zero-order valence-corrected chi connectivity index (χ0v) is 23.4. The maximum absolute atomic E-state index is 16.4. The highest BCUT2D eigenvalue weighted by molar-refractivity contribution is 6.32. The number of aryl methyl sites for hydroxylation is 1. The van der Waals surface area contributed by atoms with Gasteiger partial charge in [-0.25, -0.2) is 14.4 Å². The Morgan fingerprint density at radius 1 is 1.27 bits per heavy atom. The van der Waals surface area contributed by atoms with Crippen LogP contribution in [0.5, 0.6) is 5.88 Å². The van der Waals surface area contributed by atoms with Gasteiger partial charge in [0.1, 0.15) is 23.3 Å². The maximum Gasteiger partial charge on any atom is 0.418 e. The molecule has 0 fully saturated rings. The fraction of sp³-hybridized carbons (Fsp3) is 0.444. The minimum Gasteiger partial charge on any atom is -0.472 e. The Morgan fingerprint density at radius 2 is 1.98 bits per heavy atom. The summed E-state index contributed by atoms with van der Waals surface area (Å²) in [5.74, 6) is -1.68. The summed E-state index contributed by atoms with van der Waals surface area (Å²) in [5.41, 5.74) is 3.13. The van der Waals surface area contributed by atoms with Crippen LogP contribution in [0.15, 0.2) is 12.1 Å². The van der Waals surface area contributed by atoms with Crippen LogP contribution < -0.4 is 26.4 Å². The van der Waals surface area contributed by atoms with Crippen LogP contribution in [0.3, 0.4) is 0 Å². The summed E-state index contributed by atoms with van der Waals surface area (Å²) in [5, 5.41) is 8.41. The van der Waals surface area contributed by atoms with Crippen molar-refractivity contribution in [1.82, 2.24) is 20.6 Å². The lowest BCUT2D eigenvalue weighted by molar-refractivity contribution is -0.137. The number of carbonyl (C=O) groups is 1. The molecule has 0 spiro atoms. The number of aromatic nitrogens is 2. The zero-order chi connectivity index (χ0) is 29.5. The van der Waals surface area contributed by atoms with E-state index >= 15 is 4.39 Å². The topological polar surface area (TPSA) is 114 Å². The average molecular weight is 583 g/mol. The van der Waals surface area contributed by atoms with Gasteiger partial charge in [0.05, 0.1) is 22.0 Å². The quantitative estimate of drug-likeness (QED) is 0.209. The molecule has 2 aromatic heterocycles. The second-order valence-electron chi connectivity index (χ2n) is 9.94. The molecule has 0 bridgehead atoms. The fourth-order valence-electron chi connectivity index (χ4n) is 4.92. The van der Waals surface area contributed by atoms with E-state index in [9.17, 15) is 18.0 Å². The summed E-state index contributed by atoms with van der Waals surface area (Å²) in [6.07, 6.45) is -3.58. The molecule has 40 heavy (non-hydrogen) atoms. The molecule has 13 heteroatoms. The normalized spacial score (nSPS) is 17.6. The Kier molecular flexibility index (Phi) is 8.32. The maximum atomic E-state index is 16.4. The van der Waals surface area contributed by atoms with Gasteiger partial charge in [-0.15, -0.1) is 0 Å². The molecule has 3 atom stereocenters. The number of nitrogen functional groups attached to an aromatic ring is 1. The van der Waals surface area contributed by atoms with Gasteiger partial charge >= 0.3 is 6.18 Å². The summed E-state index contributed by atoms with van der Waals surface area (Å²) >= 11 is 5.96. The first-order chi connectivity index (χ1) is 18.8. The molecule has 3 aromatic rings. The number of rotatable bonds is 7. The van der Waals surface area contributed by atoms with Crippen LogP contribution in [0, 0.1) is 12.7 Å². The van der Waals surface area contributed by atoms with Crippen LogP contribution in [-0.2, 0) is 6.18 Å². The summed E-state index contributed by atoms with van der Waals surface area (Å²) in [4.78, 5) is 21.5. The van der Waals surface area contributed by atoms with Gasteiger partial charge in [0.25, 0.3) is 5.91 Å². The molecule has 5 N–H and O–H groups in total. The van der Waals surface area contributed by atoms with Crippen LogP contribution >= 0.6 is 11.6 Å². The number of ether oxygens (including phenoxy) is 1. The average Bonchev–Trinajstić information content (AvgIpc) is 2.99. The van der Waals surface area contributed by atoms with Gasteiger partial charge in [0, 0.05) is 36.3 Å². The Balaban J connectivity index is 2.01. The monoisotopic (exact) mass is 582 g/mol. The minimum absolute atomic E-state index is 0.0956. The molecule has 1 aliphatic rings. The van der Waals surface area contributed by atoms with Gasteiger partial charge in [0.2, 0.25) is 5.88 Å². The van der Waals surface area contributed by atoms with Crippen molar-refractivity contribution in [2.75, 3.05) is 24.6 Å². The van der Waals surface area contributed by atoms with E-state index in [0.29, 0.717) is 6.54 Å². The lowest BCUT2D eigenvalue weighted by atomic mass is 9.97. The van der Waals surface area contributed by atoms with Gasteiger partial charge in [-0.1, -0.05) is 24.9 Å². The molecule has 4 rings (SSSR count). The molecular formula is C27H31ClF4N6O2. The number of carbonyl (C=O) groups excluding carboxylic acids is 1. The number of nitrogens with one attached hydrogen (secondary N) is 3. The smallest absolute Gasteiger partial charge is 0.418 e. The summed E-state index contributed by atoms with van der Waals surface area (Å²) in [6.45, 7) is 7.78. The highest BCUT2D eigenvalue weighted by atomic mass is 35.5. The number of alkyl halides is 3. The Morgan fingerprint density at radius 3 is 2.60 bits per heavy atom. The van der Waals surface area contributed by atoms with Crippen molar-refractivity contribution in [1.29, 1.82) is 0 Å². The molecule has 1 aromatic carbocycles. The van der Waals surface area contributed by atoms with Crippen LogP contribution in [0.1, 0.15) is 55.2 Å². The van der Waals surface area contributed by atoms with E-state index in [1.165, 1.54) is 14.0 Å². The van der Waals surface area contributed by atoms with E-state index in [-0.39, 0.29) is 45.5 Å². The largest absolute Gasteiger partial charge is 0.472 e. The number of hydrogen-bond acceptors (Lipinski definition) is 7. The van der Waals surface area contributed by atoms with Crippen LogP contribution in [0.2, 0.25) is 5.02 Å². The number of pyridine rings is 2. The van der Waals surface area contributed by atoms with Gasteiger partial charge in [0.15, 0.2) is 5.82 Å². The lowest BCUT2D eigenvalue weighted by Crippen LogP contribution is -2.45. The molecule has 8 nitrogen and oxygen atoms in total. The number of halogens is 5. The molecule has 216 valence electrons. The van der Waals surface area contributed by atoms with E-state index in [4.69, 9.17) is 22.1 Å². The van der Waals surface area contributed by atoms with E-state index in [1.807, 2.05) is 6.92 Å². The number of nitrogens with two attached hydrogens (primary N) is 1. The first-order valence-corrected chi connectivity index (χ1v) is 13.2. The molecule has 0 radical (unpaired) electrons. The van der Waals surface area contributed by atoms with Crippen molar-refractivity contribution in [3.63, 3.8) is 0 Å². The van der Waals surface area contributed by atoms with Crippen molar-refractivity contribution < 1.29 is 27.1 Å². The molecule has 3 heterocycles. The molecule has 0 saturated carbocycles. The third kappa shape index (κ3) is 5.46. The van der Waals surface area contributed by atoms with Crippen LogP contribution in [0.4, 0.5) is 29.1 Å². The van der Waals surface area contributed by atoms with Gasteiger partial charge in [-0.2, -0.15) is 13.2 Å². The fourth-order valence-corrected chi connectivity index (χ4v) is 5.26. The van der Waals surface area contributed by atoms with Crippen LogP contribution in [0.25, 0.3) is 22.0 Å². The summed E-state index contributed by atoms with van der Waals surface area (Å²) < 4.78 is 64.9. The number of amides is 1. The Labute approximate surface area is 234 Å². The molecular weight excluding hydrogens is 552 g/mol. The van der Waals surface area contributed by atoms with Crippen LogP contribution in [-0.4, -0.2) is 47.7 Å². The Hall–Kier alpha value is -3.38. The highest BCUT2D eigenvalue weighted by Gasteiger charge is 2.39. The molecule has 0 aliphatic carbocycles. The third-order valence-electron chi connectivity index (χ3n) is 6.98. The van der Waals surface area contributed by atoms with Gasteiger partial charge in [-0.3, -0.25) is 4.79 Å². The van der Waals surface area contributed by atoms with E-state index in [0.717, 1.165) is 25.0 Å². The van der Waals surface area contributed by atoms with Crippen molar-refractivity contribution >= 4 is 39.8 Å². The van der Waals surface area contributed by atoms with Crippen molar-refractivity contribution in [3.8, 4) is 17.1 Å². The van der Waals surface area contributed by atoms with E-state index in [1.54, 1.807) is 6.92 Å². The predicted octanol–water partition coefficient (Wildman–Crippen LogP) is 5.70. The number of benzene rings is 1. The van der Waals surface area contributed by atoms with E-state index < -0.39 is 51.9 Å². The predicted molar refractivity (Wildman–Crippen MR) is 147 cm³/mol. The molecule has 0 saturated heterocycles. The zero-order valence-electron chi connectivity index (χ0n) is 22.7. The molecule has 2 unspecified atom stereocenters. The number of anilines is 2. The SMILES string of the molecule is CCCC(C)NC[C@@H]1Nc2nc(C(=O)NC)c(C)c3c(F)c(-c4cc(N)cc(Cl)c4C(F)(F)F)nc(c23)OC1C. The van der Waals surface area contributed by atoms with Gasteiger partial charge in [-0.05, 0) is 44.9 Å². The highest BCUT2D eigenvalue weighted by Crippen LogP contribution is 2.46. The van der Waals surface area contributed by atoms with Crippen molar-refractivity contribution in [2.24, 2.45) is 0 Å². The molecule has 1 aliphatic heterocycles. The first-order valence-electron chi connectivity index (χ1n) is 12.9. The minimum atomic E-state index is -4.94. The number of hydrogen-bond donors (Lipinski definition) is 4. The van der Waals surface area contributed by atoms with E-state index in [2.05, 4.69) is 32.8 Å². The summed E-state index contributed by atoms with van der Waals surface area (Å²) in [7, 11) is 1.40. The van der Waals surface area contributed by atoms with Crippen molar-refractivity contribution in [2.45, 2.75) is 64.9 Å². The number of nitrogens with zero attached hydrogens (tertiary/aromatic N) is 2. The second kappa shape index (κ2) is 11.2. The van der Waals surface area contributed by atoms with Crippen molar-refractivity contribution in [3.05, 3.63) is 39.8 Å². The first kappa shape index (κ1) is 29.6. The standard InChI is InChI=1S/C27H31ClF4N6O2/c1-6-7-11(2)35-10-17-13(4)40-26-19-18(12(3)22(25(39)34-5)37-24(19)36-17)21(29)23(38-26)15-8-14(33)9-16(28)20(15)27(30,31)32/h8-9,11,13,17,35H,6-7,10,33H2,1-5H3,(H,34,39)(H,36,37)/t11?,13?,17-/m0/s1. The molecule has 1 amide bonds. The second-order valence-corrected chi connectivity index (χ2v) is 10.3. The van der Waals surface area contributed by atoms with Gasteiger partial charge < -0.3 is 26.4 Å². The summed E-state index contributed by atoms with van der Waals surface area (Å²) in [6, 6.07) is 1.71. The Bertz CT molecular complexity index is 1470. The third-order valence-corrected chi connectivity index (χ3v) is 7.28.